The van der Waals surface area contributed by atoms with Gasteiger partial charge in [0, 0.05) is 18.3 Å². The first-order chi connectivity index (χ1) is 12.8. The van der Waals surface area contributed by atoms with E-state index in [-0.39, 0.29) is 11.8 Å². The Balaban J connectivity index is 1.55. The zero-order valence-electron chi connectivity index (χ0n) is 14.4. The van der Waals surface area contributed by atoms with Gasteiger partial charge in [-0.25, -0.2) is 8.78 Å². The maximum Gasteiger partial charge on any atom is 0.228 e. The van der Waals surface area contributed by atoms with Gasteiger partial charge in [-0.1, -0.05) is 6.07 Å². The summed E-state index contributed by atoms with van der Waals surface area (Å²) >= 11 is 0. The number of nitrogens with one attached hydrogen (secondary N) is 3. The monoisotopic (exact) mass is 373 g/mol. The molecule has 0 heterocycles. The van der Waals surface area contributed by atoms with Crippen LogP contribution in [0.3, 0.4) is 0 Å². The molecular weight excluding hydrogens is 356 g/mol. The predicted octanol–water partition coefficient (Wildman–Crippen LogP) is 3.14. The third-order valence-electron chi connectivity index (χ3n) is 4.15. The van der Waals surface area contributed by atoms with Crippen LogP contribution in [-0.4, -0.2) is 17.7 Å². The molecular formula is C19H17F2N3O3. The van der Waals surface area contributed by atoms with E-state index in [1.165, 1.54) is 13.0 Å². The minimum absolute atomic E-state index is 0.204. The normalized spacial score (nSPS) is 17.7. The van der Waals surface area contributed by atoms with Gasteiger partial charge in [-0.05, 0) is 42.8 Å². The second-order valence-electron chi connectivity index (χ2n) is 6.28. The highest BCUT2D eigenvalue weighted by Gasteiger charge is 2.48. The van der Waals surface area contributed by atoms with E-state index < -0.39 is 35.1 Å². The SMILES string of the molecule is CC(=O)Nc1ccc(NC(=O)C2CC2C(=O)Nc2c(F)cccc2F)cc1. The summed E-state index contributed by atoms with van der Waals surface area (Å²) in [6.45, 7) is 1.39. The smallest absolute Gasteiger partial charge is 0.228 e. The molecule has 2 aromatic carbocycles. The van der Waals surface area contributed by atoms with Gasteiger partial charge in [0.25, 0.3) is 0 Å². The fraction of sp³-hybridized carbons (Fsp3) is 0.211. The zero-order valence-corrected chi connectivity index (χ0v) is 14.4. The van der Waals surface area contributed by atoms with Crippen molar-refractivity contribution < 1.29 is 23.2 Å². The van der Waals surface area contributed by atoms with Crippen molar-refractivity contribution in [3.05, 3.63) is 54.1 Å². The molecule has 140 valence electrons. The second-order valence-corrected chi connectivity index (χ2v) is 6.28. The average Bonchev–Trinajstić information content (AvgIpc) is 3.40. The molecule has 1 aliphatic rings. The number of halogens is 2. The molecule has 3 rings (SSSR count). The number of hydrogen-bond donors (Lipinski definition) is 3. The summed E-state index contributed by atoms with van der Waals surface area (Å²) in [7, 11) is 0. The second kappa shape index (κ2) is 7.53. The van der Waals surface area contributed by atoms with Crippen LogP contribution in [0.2, 0.25) is 0 Å². The van der Waals surface area contributed by atoms with Crippen LogP contribution in [0.4, 0.5) is 25.8 Å². The van der Waals surface area contributed by atoms with Crippen molar-refractivity contribution in [3.8, 4) is 0 Å². The number of anilines is 3. The Morgan fingerprint density at radius 1 is 0.815 bits per heavy atom. The maximum atomic E-state index is 13.6. The van der Waals surface area contributed by atoms with Crippen molar-refractivity contribution in [2.24, 2.45) is 11.8 Å². The van der Waals surface area contributed by atoms with Gasteiger partial charge < -0.3 is 16.0 Å². The minimum atomic E-state index is -0.871. The summed E-state index contributed by atoms with van der Waals surface area (Å²) in [5, 5.41) is 7.49. The molecule has 0 aliphatic heterocycles. The number of hydrogen-bond acceptors (Lipinski definition) is 3. The number of benzene rings is 2. The zero-order chi connectivity index (χ0) is 19.6. The van der Waals surface area contributed by atoms with E-state index in [4.69, 9.17) is 0 Å². The first-order valence-electron chi connectivity index (χ1n) is 8.28. The Morgan fingerprint density at radius 3 is 1.81 bits per heavy atom. The summed E-state index contributed by atoms with van der Waals surface area (Å²) in [6.07, 6.45) is 0.303. The Labute approximate surface area is 154 Å². The van der Waals surface area contributed by atoms with E-state index >= 15 is 0 Å². The number of carbonyl (C=O) groups excluding carboxylic acids is 3. The molecule has 1 fully saturated rings. The van der Waals surface area contributed by atoms with Gasteiger partial charge in [0.15, 0.2) is 0 Å². The van der Waals surface area contributed by atoms with Crippen LogP contribution in [-0.2, 0) is 14.4 Å². The van der Waals surface area contributed by atoms with Crippen LogP contribution in [0.15, 0.2) is 42.5 Å². The number of para-hydroxylation sites is 1. The summed E-state index contributed by atoms with van der Waals surface area (Å²) in [5.41, 5.74) is 0.596. The number of rotatable bonds is 5. The van der Waals surface area contributed by atoms with E-state index in [1.807, 2.05) is 0 Å². The first-order valence-corrected chi connectivity index (χ1v) is 8.28. The molecule has 8 heteroatoms. The van der Waals surface area contributed by atoms with E-state index in [0.29, 0.717) is 17.8 Å². The molecule has 0 bridgehead atoms. The lowest BCUT2D eigenvalue weighted by molar-refractivity contribution is -0.122. The molecule has 0 saturated heterocycles. The van der Waals surface area contributed by atoms with E-state index in [9.17, 15) is 23.2 Å². The van der Waals surface area contributed by atoms with Crippen LogP contribution >= 0.6 is 0 Å². The Morgan fingerprint density at radius 2 is 1.30 bits per heavy atom. The molecule has 1 saturated carbocycles. The maximum absolute atomic E-state index is 13.6. The van der Waals surface area contributed by atoms with Gasteiger partial charge in [0.05, 0.1) is 11.8 Å². The summed E-state index contributed by atoms with van der Waals surface area (Å²) in [5.74, 6) is -4.09. The molecule has 27 heavy (non-hydrogen) atoms. The number of amides is 3. The topological polar surface area (TPSA) is 87.3 Å². The van der Waals surface area contributed by atoms with Crippen molar-refractivity contribution in [2.45, 2.75) is 13.3 Å². The third kappa shape index (κ3) is 4.46. The van der Waals surface area contributed by atoms with Crippen molar-refractivity contribution in [3.63, 3.8) is 0 Å². The molecule has 3 N–H and O–H groups in total. The molecule has 0 aromatic heterocycles. The Bertz CT molecular complexity index is 879. The van der Waals surface area contributed by atoms with E-state index in [1.54, 1.807) is 24.3 Å². The highest BCUT2D eigenvalue weighted by Crippen LogP contribution is 2.40. The molecule has 6 nitrogen and oxygen atoms in total. The van der Waals surface area contributed by atoms with E-state index in [0.717, 1.165) is 12.1 Å². The van der Waals surface area contributed by atoms with Crippen LogP contribution in [0.25, 0.3) is 0 Å². The van der Waals surface area contributed by atoms with Gasteiger partial charge in [0.2, 0.25) is 17.7 Å². The largest absolute Gasteiger partial charge is 0.326 e. The highest BCUT2D eigenvalue weighted by atomic mass is 19.1. The number of carbonyl (C=O) groups is 3. The van der Waals surface area contributed by atoms with Gasteiger partial charge in [0.1, 0.15) is 17.3 Å². The lowest BCUT2D eigenvalue weighted by Gasteiger charge is -2.08. The molecule has 2 atom stereocenters. The summed E-state index contributed by atoms with van der Waals surface area (Å²) in [6, 6.07) is 9.79. The first kappa shape index (κ1) is 18.5. The Kier molecular flexibility index (Phi) is 5.16. The molecule has 1 aliphatic carbocycles. The van der Waals surface area contributed by atoms with E-state index in [2.05, 4.69) is 16.0 Å². The van der Waals surface area contributed by atoms with Gasteiger partial charge >= 0.3 is 0 Å². The fourth-order valence-electron chi connectivity index (χ4n) is 2.68. The van der Waals surface area contributed by atoms with Crippen molar-refractivity contribution in [1.29, 1.82) is 0 Å². The average molecular weight is 373 g/mol. The van der Waals surface area contributed by atoms with Crippen molar-refractivity contribution >= 4 is 34.8 Å². The molecule has 2 aromatic rings. The predicted molar refractivity (Wildman–Crippen MR) is 96.0 cm³/mol. The summed E-state index contributed by atoms with van der Waals surface area (Å²) in [4.78, 5) is 35.3. The molecule has 0 radical (unpaired) electrons. The molecule has 0 spiro atoms. The van der Waals surface area contributed by atoms with Gasteiger partial charge in [-0.15, -0.1) is 0 Å². The van der Waals surface area contributed by atoms with Crippen LogP contribution < -0.4 is 16.0 Å². The van der Waals surface area contributed by atoms with Crippen molar-refractivity contribution in [2.75, 3.05) is 16.0 Å². The van der Waals surface area contributed by atoms with Crippen LogP contribution in [0, 0.1) is 23.5 Å². The quantitative estimate of drug-likeness (QED) is 0.752. The third-order valence-corrected chi connectivity index (χ3v) is 4.15. The standard InChI is InChI=1S/C19H17F2N3O3/c1-10(25)22-11-5-7-12(8-6-11)23-18(26)13-9-14(13)19(27)24-17-15(20)3-2-4-16(17)21/h2-8,13-14H,9H2,1H3,(H,22,25)(H,23,26)(H,24,27). The van der Waals surface area contributed by atoms with Crippen LogP contribution in [0.1, 0.15) is 13.3 Å². The van der Waals surface area contributed by atoms with Gasteiger partial charge in [-0.3, -0.25) is 14.4 Å². The lowest BCUT2D eigenvalue weighted by Crippen LogP contribution is -2.21. The summed E-state index contributed by atoms with van der Waals surface area (Å²) < 4.78 is 27.2. The minimum Gasteiger partial charge on any atom is -0.326 e. The van der Waals surface area contributed by atoms with Crippen LogP contribution in [0.5, 0.6) is 0 Å². The lowest BCUT2D eigenvalue weighted by atomic mass is 10.2. The highest BCUT2D eigenvalue weighted by molar-refractivity contribution is 6.03. The molecule has 2 unspecified atom stereocenters. The fourth-order valence-corrected chi connectivity index (χ4v) is 2.68. The van der Waals surface area contributed by atoms with Gasteiger partial charge in [-0.2, -0.15) is 0 Å². The Hall–Kier alpha value is -3.29. The van der Waals surface area contributed by atoms with Crippen molar-refractivity contribution in [1.82, 2.24) is 0 Å². The molecule has 3 amide bonds.